The van der Waals surface area contributed by atoms with Crippen molar-refractivity contribution in [1.29, 1.82) is 0 Å². The van der Waals surface area contributed by atoms with Crippen LogP contribution < -0.4 is 11.1 Å². The highest BCUT2D eigenvalue weighted by molar-refractivity contribution is 5.35. The number of terminal acetylenes is 1. The van der Waals surface area contributed by atoms with Gasteiger partial charge in [0.2, 0.25) is 5.95 Å². The van der Waals surface area contributed by atoms with Crippen LogP contribution in [-0.2, 0) is 0 Å². The van der Waals surface area contributed by atoms with Crippen molar-refractivity contribution in [3.05, 3.63) is 12.4 Å². The Morgan fingerprint density at radius 1 is 1.50 bits per heavy atom. The quantitative estimate of drug-likeness (QED) is 0.501. The SMILES string of the molecule is C#CCCNc1ncc(N)cn1. The van der Waals surface area contributed by atoms with Crippen molar-refractivity contribution in [3.63, 3.8) is 0 Å². The molecule has 0 amide bonds. The standard InChI is InChI=1S/C8H10N4/c1-2-3-4-10-8-11-5-7(9)6-12-8/h1,5-6H,3-4,9H2,(H,10,11,12). The summed E-state index contributed by atoms with van der Waals surface area (Å²) in [6.07, 6.45) is 8.82. The average molecular weight is 162 g/mol. The van der Waals surface area contributed by atoms with Crippen LogP contribution in [0.4, 0.5) is 11.6 Å². The summed E-state index contributed by atoms with van der Waals surface area (Å²) >= 11 is 0. The summed E-state index contributed by atoms with van der Waals surface area (Å²) in [4.78, 5) is 7.87. The van der Waals surface area contributed by atoms with Gasteiger partial charge in [0.05, 0.1) is 18.1 Å². The number of hydrogen-bond acceptors (Lipinski definition) is 4. The van der Waals surface area contributed by atoms with Crippen LogP contribution in [0.5, 0.6) is 0 Å². The number of nitrogens with zero attached hydrogens (tertiary/aromatic N) is 2. The Bertz CT molecular complexity index is 272. The van der Waals surface area contributed by atoms with Gasteiger partial charge in [-0.1, -0.05) is 0 Å². The molecule has 0 saturated heterocycles. The molecular formula is C8H10N4. The molecule has 0 atom stereocenters. The first-order chi connectivity index (χ1) is 5.83. The third-order valence-electron chi connectivity index (χ3n) is 1.22. The van der Waals surface area contributed by atoms with Crippen molar-refractivity contribution in [3.8, 4) is 12.3 Å². The first kappa shape index (κ1) is 8.34. The molecule has 1 aromatic rings. The molecule has 1 rings (SSSR count). The van der Waals surface area contributed by atoms with Crippen molar-refractivity contribution < 1.29 is 0 Å². The van der Waals surface area contributed by atoms with Crippen LogP contribution in [0.3, 0.4) is 0 Å². The van der Waals surface area contributed by atoms with Gasteiger partial charge in [0, 0.05) is 13.0 Å². The third-order valence-corrected chi connectivity index (χ3v) is 1.22. The smallest absolute Gasteiger partial charge is 0.222 e. The van der Waals surface area contributed by atoms with Gasteiger partial charge < -0.3 is 11.1 Å². The predicted molar refractivity (Wildman–Crippen MR) is 48.4 cm³/mol. The maximum absolute atomic E-state index is 5.40. The molecule has 0 bridgehead atoms. The van der Waals surface area contributed by atoms with Crippen LogP contribution in [0, 0.1) is 12.3 Å². The largest absolute Gasteiger partial charge is 0.396 e. The fraction of sp³-hybridized carbons (Fsp3) is 0.250. The van der Waals surface area contributed by atoms with Gasteiger partial charge in [-0.15, -0.1) is 12.3 Å². The van der Waals surface area contributed by atoms with Gasteiger partial charge in [-0.05, 0) is 0 Å². The molecule has 0 aliphatic carbocycles. The van der Waals surface area contributed by atoms with Gasteiger partial charge in [-0.3, -0.25) is 0 Å². The summed E-state index contributed by atoms with van der Waals surface area (Å²) in [7, 11) is 0. The van der Waals surface area contributed by atoms with Gasteiger partial charge in [-0.2, -0.15) is 0 Å². The fourth-order valence-corrected chi connectivity index (χ4v) is 0.676. The lowest BCUT2D eigenvalue weighted by atomic mass is 10.4. The van der Waals surface area contributed by atoms with Crippen LogP contribution in [0.1, 0.15) is 6.42 Å². The van der Waals surface area contributed by atoms with E-state index in [9.17, 15) is 0 Å². The topological polar surface area (TPSA) is 63.8 Å². The molecular weight excluding hydrogens is 152 g/mol. The summed E-state index contributed by atoms with van der Waals surface area (Å²) in [5, 5.41) is 2.95. The maximum atomic E-state index is 5.40. The zero-order valence-corrected chi connectivity index (χ0v) is 6.62. The van der Waals surface area contributed by atoms with Gasteiger partial charge in [0.15, 0.2) is 0 Å². The fourth-order valence-electron chi connectivity index (χ4n) is 0.676. The summed E-state index contributed by atoms with van der Waals surface area (Å²) in [5.74, 6) is 3.06. The number of nitrogens with two attached hydrogens (primary N) is 1. The van der Waals surface area contributed by atoms with Crippen LogP contribution in [0.25, 0.3) is 0 Å². The molecule has 3 N–H and O–H groups in total. The summed E-state index contributed by atoms with van der Waals surface area (Å²) in [6, 6.07) is 0. The van der Waals surface area contributed by atoms with E-state index < -0.39 is 0 Å². The normalized spacial score (nSPS) is 8.92. The van der Waals surface area contributed by atoms with Crippen molar-refractivity contribution in [2.24, 2.45) is 0 Å². The lowest BCUT2D eigenvalue weighted by Gasteiger charge is -2.00. The molecule has 0 saturated carbocycles. The summed E-state index contributed by atoms with van der Waals surface area (Å²) in [5.41, 5.74) is 5.95. The maximum Gasteiger partial charge on any atom is 0.222 e. The predicted octanol–water partition coefficient (Wildman–Crippen LogP) is 0.494. The second kappa shape index (κ2) is 4.19. The molecule has 0 aliphatic heterocycles. The second-order valence-electron chi connectivity index (χ2n) is 2.22. The Balaban J connectivity index is 2.43. The van der Waals surface area contributed by atoms with E-state index in [2.05, 4.69) is 21.2 Å². The molecule has 0 aliphatic rings. The average Bonchev–Trinajstić information content (AvgIpc) is 2.09. The van der Waals surface area contributed by atoms with E-state index >= 15 is 0 Å². The molecule has 12 heavy (non-hydrogen) atoms. The van der Waals surface area contributed by atoms with Gasteiger partial charge in [-0.25, -0.2) is 9.97 Å². The van der Waals surface area contributed by atoms with E-state index in [1.165, 1.54) is 0 Å². The molecule has 0 spiro atoms. The molecule has 0 aromatic carbocycles. The zero-order chi connectivity index (χ0) is 8.81. The highest BCUT2D eigenvalue weighted by Crippen LogP contribution is 1.99. The van der Waals surface area contributed by atoms with E-state index in [1.807, 2.05) is 0 Å². The Morgan fingerprint density at radius 2 is 2.17 bits per heavy atom. The number of rotatable bonds is 3. The number of anilines is 2. The van der Waals surface area contributed by atoms with E-state index in [0.717, 1.165) is 0 Å². The second-order valence-corrected chi connectivity index (χ2v) is 2.22. The number of aromatic nitrogens is 2. The van der Waals surface area contributed by atoms with Crippen molar-refractivity contribution >= 4 is 11.6 Å². The van der Waals surface area contributed by atoms with Gasteiger partial charge >= 0.3 is 0 Å². The highest BCUT2D eigenvalue weighted by Gasteiger charge is 1.91. The zero-order valence-electron chi connectivity index (χ0n) is 6.62. The number of hydrogen-bond donors (Lipinski definition) is 2. The van der Waals surface area contributed by atoms with E-state index in [1.54, 1.807) is 12.4 Å². The molecule has 62 valence electrons. The molecule has 1 heterocycles. The van der Waals surface area contributed by atoms with Crippen LogP contribution >= 0.6 is 0 Å². The van der Waals surface area contributed by atoms with Crippen LogP contribution in [-0.4, -0.2) is 16.5 Å². The Hall–Kier alpha value is -1.76. The van der Waals surface area contributed by atoms with Crippen LogP contribution in [0.2, 0.25) is 0 Å². The first-order valence-corrected chi connectivity index (χ1v) is 3.58. The van der Waals surface area contributed by atoms with Gasteiger partial charge in [0.1, 0.15) is 0 Å². The minimum Gasteiger partial charge on any atom is -0.396 e. The lowest BCUT2D eigenvalue weighted by Crippen LogP contribution is -2.04. The third kappa shape index (κ3) is 2.46. The Kier molecular flexibility index (Phi) is 2.91. The van der Waals surface area contributed by atoms with E-state index in [0.29, 0.717) is 24.6 Å². The first-order valence-electron chi connectivity index (χ1n) is 3.58. The molecule has 0 fully saturated rings. The lowest BCUT2D eigenvalue weighted by molar-refractivity contribution is 1.03. The summed E-state index contributed by atoms with van der Waals surface area (Å²) < 4.78 is 0. The molecule has 4 heteroatoms. The molecule has 4 nitrogen and oxygen atoms in total. The minimum absolute atomic E-state index is 0.553. The van der Waals surface area contributed by atoms with E-state index in [-0.39, 0.29) is 0 Å². The number of nitrogens with one attached hydrogen (secondary N) is 1. The van der Waals surface area contributed by atoms with E-state index in [4.69, 9.17) is 12.2 Å². The Labute approximate surface area is 71.2 Å². The number of nitrogen functional groups attached to an aromatic ring is 1. The monoisotopic (exact) mass is 162 g/mol. The molecule has 0 unspecified atom stereocenters. The minimum atomic E-state index is 0.553. The van der Waals surface area contributed by atoms with Crippen molar-refractivity contribution in [2.75, 3.05) is 17.6 Å². The molecule has 1 aromatic heterocycles. The molecule has 0 radical (unpaired) electrons. The van der Waals surface area contributed by atoms with Crippen molar-refractivity contribution in [2.45, 2.75) is 6.42 Å². The van der Waals surface area contributed by atoms with Crippen LogP contribution in [0.15, 0.2) is 12.4 Å². The summed E-state index contributed by atoms with van der Waals surface area (Å²) in [6.45, 7) is 0.681. The highest BCUT2D eigenvalue weighted by atomic mass is 15.1. The Morgan fingerprint density at radius 3 is 2.75 bits per heavy atom. The van der Waals surface area contributed by atoms with Crippen molar-refractivity contribution in [1.82, 2.24) is 9.97 Å². The van der Waals surface area contributed by atoms with Gasteiger partial charge in [0.25, 0.3) is 0 Å².